The molecule has 0 bridgehead atoms. The number of aliphatic hydroxyl groups excluding tert-OH is 1. The average Bonchev–Trinajstić information content (AvgIpc) is 2.77. The van der Waals surface area contributed by atoms with Crippen molar-refractivity contribution in [3.8, 4) is 0 Å². The molecule has 1 saturated carbocycles. The van der Waals surface area contributed by atoms with Gasteiger partial charge in [0.1, 0.15) is 0 Å². The van der Waals surface area contributed by atoms with E-state index in [1.54, 1.807) is 11.3 Å². The Hall–Kier alpha value is -0.410. The quantitative estimate of drug-likeness (QED) is 0.854. The summed E-state index contributed by atoms with van der Waals surface area (Å²) >= 11 is 1.66. The minimum absolute atomic E-state index is 0.182. The normalized spacial score (nSPS) is 19.6. The van der Waals surface area contributed by atoms with Crippen molar-refractivity contribution in [2.45, 2.75) is 51.6 Å². The van der Waals surface area contributed by atoms with Crippen LogP contribution in [-0.4, -0.2) is 16.2 Å². The van der Waals surface area contributed by atoms with Crippen LogP contribution in [0.2, 0.25) is 0 Å². The molecule has 1 aliphatic rings. The molecule has 3 heteroatoms. The fourth-order valence-corrected chi connectivity index (χ4v) is 3.26. The zero-order valence-corrected chi connectivity index (χ0v) is 10.1. The van der Waals surface area contributed by atoms with Crippen molar-refractivity contribution in [3.63, 3.8) is 0 Å². The van der Waals surface area contributed by atoms with Gasteiger partial charge in [-0.15, -0.1) is 11.3 Å². The van der Waals surface area contributed by atoms with Crippen molar-refractivity contribution in [3.05, 3.63) is 16.1 Å². The van der Waals surface area contributed by atoms with Gasteiger partial charge >= 0.3 is 0 Å². The Morgan fingerprint density at radius 2 is 2.27 bits per heavy atom. The van der Waals surface area contributed by atoms with E-state index in [0.29, 0.717) is 0 Å². The maximum Gasteiger partial charge on any atom is 0.0953 e. The number of thiazole rings is 1. The smallest absolute Gasteiger partial charge is 0.0953 e. The van der Waals surface area contributed by atoms with E-state index in [9.17, 15) is 5.11 Å². The third kappa shape index (κ3) is 3.28. The highest BCUT2D eigenvalue weighted by Gasteiger charge is 2.19. The first-order valence-electron chi connectivity index (χ1n) is 5.83. The third-order valence-electron chi connectivity index (χ3n) is 3.16. The van der Waals surface area contributed by atoms with E-state index >= 15 is 0 Å². The van der Waals surface area contributed by atoms with Crippen LogP contribution < -0.4 is 0 Å². The predicted octanol–water partition coefficient (Wildman–Crippen LogP) is 2.94. The Morgan fingerprint density at radius 3 is 2.87 bits per heavy atom. The van der Waals surface area contributed by atoms with Gasteiger partial charge in [0.05, 0.1) is 11.1 Å². The van der Waals surface area contributed by atoms with Crippen LogP contribution in [0.3, 0.4) is 0 Å². The highest BCUT2D eigenvalue weighted by atomic mass is 32.1. The van der Waals surface area contributed by atoms with Crippen LogP contribution in [0, 0.1) is 12.8 Å². The molecule has 1 fully saturated rings. The average molecular weight is 225 g/mol. The van der Waals surface area contributed by atoms with E-state index in [2.05, 4.69) is 10.4 Å². The highest BCUT2D eigenvalue weighted by molar-refractivity contribution is 7.09. The van der Waals surface area contributed by atoms with Crippen LogP contribution in [0.5, 0.6) is 0 Å². The Bertz CT molecular complexity index is 304. The second kappa shape index (κ2) is 5.08. The number of hydrogen-bond acceptors (Lipinski definition) is 3. The van der Waals surface area contributed by atoms with E-state index in [1.807, 2.05) is 6.92 Å². The van der Waals surface area contributed by atoms with E-state index in [1.165, 1.54) is 25.7 Å². The summed E-state index contributed by atoms with van der Waals surface area (Å²) in [6.07, 6.45) is 6.87. The highest BCUT2D eigenvalue weighted by Crippen LogP contribution is 2.29. The molecule has 0 saturated heterocycles. The standard InChI is InChI=1S/C12H19NOS/c1-9-8-15-12(13-9)7-11(14)6-10-4-2-3-5-10/h8,10-11,14H,2-7H2,1H3. The van der Waals surface area contributed by atoms with Crippen LogP contribution in [0.1, 0.15) is 42.8 Å². The lowest BCUT2D eigenvalue weighted by atomic mass is 9.99. The maximum atomic E-state index is 9.94. The summed E-state index contributed by atoms with van der Waals surface area (Å²) in [5.41, 5.74) is 1.07. The third-order valence-corrected chi connectivity index (χ3v) is 4.15. The Morgan fingerprint density at radius 1 is 1.53 bits per heavy atom. The predicted molar refractivity (Wildman–Crippen MR) is 63.1 cm³/mol. The monoisotopic (exact) mass is 225 g/mol. The Balaban J connectivity index is 1.78. The number of aryl methyl sites for hydroxylation is 1. The number of aromatic nitrogens is 1. The molecule has 1 N–H and O–H groups in total. The van der Waals surface area contributed by atoms with Crippen LogP contribution in [-0.2, 0) is 6.42 Å². The van der Waals surface area contributed by atoms with Gasteiger partial charge in [-0.1, -0.05) is 25.7 Å². The Labute approximate surface area is 95.4 Å². The van der Waals surface area contributed by atoms with Gasteiger partial charge in [0.2, 0.25) is 0 Å². The summed E-state index contributed by atoms with van der Waals surface area (Å²) in [7, 11) is 0. The SMILES string of the molecule is Cc1csc(CC(O)CC2CCCC2)n1. The molecule has 0 spiro atoms. The molecule has 1 unspecified atom stereocenters. The minimum atomic E-state index is -0.182. The van der Waals surface area contributed by atoms with Crippen molar-refractivity contribution in [2.75, 3.05) is 0 Å². The lowest BCUT2D eigenvalue weighted by molar-refractivity contribution is 0.143. The van der Waals surface area contributed by atoms with Gasteiger partial charge in [-0.05, 0) is 19.3 Å². The summed E-state index contributed by atoms with van der Waals surface area (Å²) in [6.45, 7) is 2.00. The second-order valence-corrected chi connectivity index (χ2v) is 5.57. The first-order valence-corrected chi connectivity index (χ1v) is 6.71. The lowest BCUT2D eigenvalue weighted by Crippen LogP contribution is -2.14. The van der Waals surface area contributed by atoms with Crippen molar-refractivity contribution >= 4 is 11.3 Å². The molecular formula is C12H19NOS. The minimum Gasteiger partial charge on any atom is -0.393 e. The van der Waals surface area contributed by atoms with Crippen LogP contribution >= 0.6 is 11.3 Å². The van der Waals surface area contributed by atoms with Crippen LogP contribution in [0.4, 0.5) is 0 Å². The van der Waals surface area contributed by atoms with E-state index in [0.717, 1.165) is 29.5 Å². The molecule has 0 aliphatic heterocycles. The first kappa shape index (κ1) is 11.1. The van der Waals surface area contributed by atoms with Crippen molar-refractivity contribution < 1.29 is 5.11 Å². The summed E-state index contributed by atoms with van der Waals surface area (Å²) < 4.78 is 0. The summed E-state index contributed by atoms with van der Waals surface area (Å²) in [4.78, 5) is 4.38. The van der Waals surface area contributed by atoms with Gasteiger partial charge in [-0.2, -0.15) is 0 Å². The van der Waals surface area contributed by atoms with Gasteiger partial charge in [0.25, 0.3) is 0 Å². The molecule has 1 aromatic heterocycles. The molecule has 1 atom stereocenters. The Kier molecular flexibility index (Phi) is 3.76. The maximum absolute atomic E-state index is 9.94. The summed E-state index contributed by atoms with van der Waals surface area (Å²) in [5.74, 6) is 0.765. The topological polar surface area (TPSA) is 33.1 Å². The molecule has 84 valence electrons. The van der Waals surface area contributed by atoms with Crippen molar-refractivity contribution in [1.29, 1.82) is 0 Å². The van der Waals surface area contributed by atoms with E-state index < -0.39 is 0 Å². The summed E-state index contributed by atoms with van der Waals surface area (Å²) in [5, 5.41) is 13.1. The molecule has 2 rings (SSSR count). The number of hydrogen-bond donors (Lipinski definition) is 1. The van der Waals surface area contributed by atoms with E-state index in [4.69, 9.17) is 0 Å². The fraction of sp³-hybridized carbons (Fsp3) is 0.750. The molecule has 15 heavy (non-hydrogen) atoms. The van der Waals surface area contributed by atoms with E-state index in [-0.39, 0.29) is 6.10 Å². The van der Waals surface area contributed by atoms with Gasteiger partial charge in [0.15, 0.2) is 0 Å². The van der Waals surface area contributed by atoms with Crippen LogP contribution in [0.15, 0.2) is 5.38 Å². The van der Waals surface area contributed by atoms with Crippen molar-refractivity contribution in [1.82, 2.24) is 4.98 Å². The number of aliphatic hydroxyl groups is 1. The molecule has 1 aliphatic carbocycles. The first-order chi connectivity index (χ1) is 7.24. The fourth-order valence-electron chi connectivity index (χ4n) is 2.41. The molecule has 1 aromatic rings. The van der Waals surface area contributed by atoms with Gasteiger partial charge in [-0.25, -0.2) is 4.98 Å². The molecule has 0 aromatic carbocycles. The van der Waals surface area contributed by atoms with Gasteiger partial charge in [0, 0.05) is 17.5 Å². The summed E-state index contributed by atoms with van der Waals surface area (Å²) in [6, 6.07) is 0. The molecule has 0 amide bonds. The molecule has 1 heterocycles. The zero-order chi connectivity index (χ0) is 10.7. The van der Waals surface area contributed by atoms with Gasteiger partial charge in [-0.3, -0.25) is 0 Å². The largest absolute Gasteiger partial charge is 0.393 e. The second-order valence-electron chi connectivity index (χ2n) is 4.63. The molecule has 0 radical (unpaired) electrons. The number of nitrogens with zero attached hydrogens (tertiary/aromatic N) is 1. The zero-order valence-electron chi connectivity index (χ0n) is 9.28. The lowest BCUT2D eigenvalue weighted by Gasteiger charge is -2.13. The number of rotatable bonds is 4. The van der Waals surface area contributed by atoms with Crippen LogP contribution in [0.25, 0.3) is 0 Å². The molecule has 2 nitrogen and oxygen atoms in total. The van der Waals surface area contributed by atoms with Gasteiger partial charge < -0.3 is 5.11 Å². The van der Waals surface area contributed by atoms with Crippen molar-refractivity contribution in [2.24, 2.45) is 5.92 Å². The molecular weight excluding hydrogens is 206 g/mol.